The van der Waals surface area contributed by atoms with E-state index in [-0.39, 0.29) is 6.29 Å². The van der Waals surface area contributed by atoms with Crippen LogP contribution in [0.2, 0.25) is 0 Å². The van der Waals surface area contributed by atoms with Gasteiger partial charge in [0.15, 0.2) is 0 Å². The van der Waals surface area contributed by atoms with Crippen LogP contribution in [-0.2, 0) is 14.3 Å². The molecule has 0 aromatic heterocycles. The van der Waals surface area contributed by atoms with Crippen molar-refractivity contribution in [1.29, 1.82) is 0 Å². The van der Waals surface area contributed by atoms with Crippen molar-refractivity contribution in [1.82, 2.24) is 0 Å². The average Bonchev–Trinajstić information content (AvgIpc) is 2.96. The Bertz CT molecular complexity index is 481. The first-order valence-electron chi connectivity index (χ1n) is 6.34. The Morgan fingerprint density at radius 3 is 2.60 bits per heavy atom. The number of aliphatic carboxylic acids is 1. The monoisotopic (exact) mass is 276 g/mol. The van der Waals surface area contributed by atoms with Gasteiger partial charge in [0.05, 0.1) is 6.61 Å². The van der Waals surface area contributed by atoms with Crippen LogP contribution in [0.5, 0.6) is 5.75 Å². The van der Waals surface area contributed by atoms with Gasteiger partial charge in [-0.15, -0.1) is 0 Å². The lowest BCUT2D eigenvalue weighted by Crippen LogP contribution is -2.09. The van der Waals surface area contributed by atoms with Gasteiger partial charge in [0.1, 0.15) is 18.3 Å². The Hall–Kier alpha value is -2.43. The fourth-order valence-electron chi connectivity index (χ4n) is 1.69. The van der Waals surface area contributed by atoms with Crippen molar-refractivity contribution >= 4 is 12.0 Å². The molecule has 0 amide bonds. The van der Waals surface area contributed by atoms with Crippen molar-refractivity contribution in [3.05, 3.63) is 48.4 Å². The second kappa shape index (κ2) is 7.23. The summed E-state index contributed by atoms with van der Waals surface area (Å²) in [5.41, 5.74) is 0.818. The highest BCUT2D eigenvalue weighted by atomic mass is 16.7. The van der Waals surface area contributed by atoms with Crippen LogP contribution in [0, 0.1) is 0 Å². The Kier molecular flexibility index (Phi) is 5.06. The predicted octanol–water partition coefficient (Wildman–Crippen LogP) is 2.79. The molecule has 0 bridgehead atoms. The van der Waals surface area contributed by atoms with Gasteiger partial charge in [-0.05, 0) is 30.2 Å². The molecule has 1 aromatic carbocycles. The maximum Gasteiger partial charge on any atom is 0.328 e. The van der Waals surface area contributed by atoms with Gasteiger partial charge in [-0.25, -0.2) is 4.79 Å². The summed E-state index contributed by atoms with van der Waals surface area (Å²) in [6.07, 6.45) is 7.12. The lowest BCUT2D eigenvalue weighted by atomic mass is 10.2. The molecule has 1 aliphatic heterocycles. The van der Waals surface area contributed by atoms with E-state index in [9.17, 15) is 4.79 Å². The minimum Gasteiger partial charge on any atom is -0.494 e. The quantitative estimate of drug-likeness (QED) is 0.612. The van der Waals surface area contributed by atoms with Gasteiger partial charge < -0.3 is 19.3 Å². The molecule has 0 unspecified atom stereocenters. The smallest absolute Gasteiger partial charge is 0.328 e. The highest BCUT2D eigenvalue weighted by molar-refractivity contribution is 5.85. The molecule has 20 heavy (non-hydrogen) atoms. The first-order chi connectivity index (χ1) is 9.74. The average molecular weight is 276 g/mol. The molecule has 1 aromatic rings. The molecule has 5 heteroatoms. The predicted molar refractivity (Wildman–Crippen MR) is 72.9 cm³/mol. The van der Waals surface area contributed by atoms with Gasteiger partial charge in [-0.2, -0.15) is 0 Å². The van der Waals surface area contributed by atoms with Crippen molar-refractivity contribution in [3.8, 4) is 5.75 Å². The third kappa shape index (κ3) is 4.68. The normalized spacial score (nSPS) is 14.2. The van der Waals surface area contributed by atoms with E-state index < -0.39 is 5.97 Å². The van der Waals surface area contributed by atoms with E-state index >= 15 is 0 Å². The molecule has 0 fully saturated rings. The van der Waals surface area contributed by atoms with E-state index in [0.29, 0.717) is 6.61 Å². The molecule has 1 aliphatic rings. The molecule has 106 valence electrons. The van der Waals surface area contributed by atoms with Crippen LogP contribution in [0.4, 0.5) is 0 Å². The van der Waals surface area contributed by atoms with Crippen LogP contribution >= 0.6 is 0 Å². The fraction of sp³-hybridized carbons (Fsp3) is 0.267. The largest absolute Gasteiger partial charge is 0.494 e. The topological polar surface area (TPSA) is 65.0 Å². The van der Waals surface area contributed by atoms with Gasteiger partial charge in [0, 0.05) is 12.5 Å². The minimum absolute atomic E-state index is 0.192. The van der Waals surface area contributed by atoms with Gasteiger partial charge >= 0.3 is 5.97 Å². The Morgan fingerprint density at radius 1 is 1.25 bits per heavy atom. The molecule has 5 nitrogen and oxygen atoms in total. The maximum absolute atomic E-state index is 10.4. The molecule has 0 saturated carbocycles. The van der Waals surface area contributed by atoms with E-state index in [0.717, 1.165) is 30.2 Å². The van der Waals surface area contributed by atoms with E-state index in [1.807, 2.05) is 24.3 Å². The second-order valence-corrected chi connectivity index (χ2v) is 4.21. The van der Waals surface area contributed by atoms with Crippen LogP contribution in [0.25, 0.3) is 6.08 Å². The molecule has 1 N–H and O–H groups in total. The molecule has 0 spiro atoms. The van der Waals surface area contributed by atoms with Crippen molar-refractivity contribution in [2.75, 3.05) is 6.61 Å². The molecule has 0 saturated heterocycles. The van der Waals surface area contributed by atoms with Crippen LogP contribution in [0.3, 0.4) is 0 Å². The Balaban J connectivity index is 1.69. The summed E-state index contributed by atoms with van der Waals surface area (Å²) in [6, 6.07) is 7.24. The van der Waals surface area contributed by atoms with Crippen molar-refractivity contribution < 1.29 is 24.1 Å². The van der Waals surface area contributed by atoms with Gasteiger partial charge in [0.2, 0.25) is 6.29 Å². The summed E-state index contributed by atoms with van der Waals surface area (Å²) in [7, 11) is 0. The SMILES string of the molecule is O=C(O)/C=C/c1ccc(OCCCC2OC=CO2)cc1. The molecule has 2 rings (SSSR count). The number of carboxylic acids is 1. The highest BCUT2D eigenvalue weighted by Crippen LogP contribution is 2.15. The van der Waals surface area contributed by atoms with Crippen LogP contribution in [-0.4, -0.2) is 24.0 Å². The molecular formula is C15H16O5. The summed E-state index contributed by atoms with van der Waals surface area (Å²) in [6.45, 7) is 0.577. The van der Waals surface area contributed by atoms with E-state index in [2.05, 4.69) is 0 Å². The van der Waals surface area contributed by atoms with Gasteiger partial charge in [0.25, 0.3) is 0 Å². The van der Waals surface area contributed by atoms with E-state index in [1.54, 1.807) is 0 Å². The zero-order valence-electron chi connectivity index (χ0n) is 10.9. The van der Waals surface area contributed by atoms with Crippen molar-refractivity contribution in [2.45, 2.75) is 19.1 Å². The maximum atomic E-state index is 10.4. The number of hydrogen-bond acceptors (Lipinski definition) is 4. The van der Waals surface area contributed by atoms with Crippen molar-refractivity contribution in [3.63, 3.8) is 0 Å². The molecule has 1 heterocycles. The third-order valence-electron chi connectivity index (χ3n) is 2.67. The number of carbonyl (C=O) groups is 1. The van der Waals surface area contributed by atoms with Crippen molar-refractivity contribution in [2.24, 2.45) is 0 Å². The summed E-state index contributed by atoms with van der Waals surface area (Å²) >= 11 is 0. The number of rotatable bonds is 7. The molecule has 0 atom stereocenters. The third-order valence-corrected chi connectivity index (χ3v) is 2.67. The van der Waals surface area contributed by atoms with Gasteiger partial charge in [-0.1, -0.05) is 12.1 Å². The lowest BCUT2D eigenvalue weighted by Gasteiger charge is -2.10. The zero-order valence-corrected chi connectivity index (χ0v) is 10.9. The lowest BCUT2D eigenvalue weighted by molar-refractivity contribution is -0.131. The summed E-state index contributed by atoms with van der Waals surface area (Å²) in [5.74, 6) is -0.208. The first kappa shape index (κ1) is 14.0. The first-order valence-corrected chi connectivity index (χ1v) is 6.34. The number of hydrogen-bond donors (Lipinski definition) is 1. The molecule has 0 aliphatic carbocycles. The van der Waals surface area contributed by atoms with Crippen LogP contribution < -0.4 is 4.74 Å². The summed E-state index contributed by atoms with van der Waals surface area (Å²) in [5, 5.41) is 8.53. The van der Waals surface area contributed by atoms with Gasteiger partial charge in [-0.3, -0.25) is 0 Å². The zero-order chi connectivity index (χ0) is 14.2. The standard InChI is InChI=1S/C15H16O5/c16-14(17)8-5-12-3-6-13(7-4-12)18-9-1-2-15-19-10-11-20-15/h3-8,10-11,15H,1-2,9H2,(H,16,17)/b8-5+. The Labute approximate surface area is 117 Å². The van der Waals surface area contributed by atoms with E-state index in [4.69, 9.17) is 19.3 Å². The van der Waals surface area contributed by atoms with Crippen LogP contribution in [0.1, 0.15) is 18.4 Å². The summed E-state index contributed by atoms with van der Waals surface area (Å²) < 4.78 is 15.9. The minimum atomic E-state index is -0.962. The number of ether oxygens (including phenoxy) is 3. The fourth-order valence-corrected chi connectivity index (χ4v) is 1.69. The number of benzene rings is 1. The second-order valence-electron chi connectivity index (χ2n) is 4.21. The molecular weight excluding hydrogens is 260 g/mol. The molecule has 0 radical (unpaired) electrons. The highest BCUT2D eigenvalue weighted by Gasteiger charge is 2.11. The van der Waals surface area contributed by atoms with Crippen LogP contribution in [0.15, 0.2) is 42.9 Å². The number of carboxylic acid groups (broad SMARTS) is 1. The summed E-state index contributed by atoms with van der Waals surface area (Å²) in [4.78, 5) is 10.4. The van der Waals surface area contributed by atoms with E-state index in [1.165, 1.54) is 18.6 Å². The Morgan fingerprint density at radius 2 is 1.95 bits per heavy atom.